The van der Waals surface area contributed by atoms with Gasteiger partial charge in [0.25, 0.3) is 0 Å². The van der Waals surface area contributed by atoms with Crippen molar-refractivity contribution in [2.24, 2.45) is 0 Å². The number of aryl methyl sites for hydroxylation is 1. The molecule has 0 aromatic carbocycles. The van der Waals surface area contributed by atoms with Crippen LogP contribution in [0.3, 0.4) is 0 Å². The van der Waals surface area contributed by atoms with Crippen molar-refractivity contribution in [3.05, 3.63) is 22.3 Å². The van der Waals surface area contributed by atoms with E-state index in [2.05, 4.69) is 15.0 Å². The zero-order valence-corrected chi connectivity index (χ0v) is 12.0. The summed E-state index contributed by atoms with van der Waals surface area (Å²) in [5.41, 5.74) is 1.17. The molecule has 2 aromatic heterocycles. The number of aromatic nitrogens is 3. The summed E-state index contributed by atoms with van der Waals surface area (Å²) < 4.78 is 0.719. The second kappa shape index (κ2) is 6.06. The second-order valence-corrected chi connectivity index (χ2v) is 6.17. The average Bonchev–Trinajstić information content (AvgIpc) is 2.65. The van der Waals surface area contributed by atoms with E-state index in [1.165, 1.54) is 29.2 Å². The second-order valence-electron chi connectivity index (χ2n) is 3.87. The fourth-order valence-electron chi connectivity index (χ4n) is 1.44. The number of thioether (sulfide) groups is 1. The number of hydrogen-bond acceptors (Lipinski definition) is 8. The largest absolute Gasteiger partial charge is 0.493 e. The molecule has 2 rings (SSSR count). The number of carboxylic acid groups (broad SMARTS) is 1. The third kappa shape index (κ3) is 3.81. The number of aliphatic carboxylic acids is 1. The van der Waals surface area contributed by atoms with Gasteiger partial charge in [0.05, 0.1) is 17.8 Å². The number of hydrogen-bond donors (Lipinski definition) is 3. The first kappa shape index (κ1) is 14.5. The Kier molecular flexibility index (Phi) is 4.40. The minimum absolute atomic E-state index is 0.0425. The number of aromatic hydroxyl groups is 2. The topological polar surface area (TPSA) is 116 Å². The molecule has 9 heteroatoms. The molecule has 20 heavy (non-hydrogen) atoms. The Morgan fingerprint density at radius 2 is 2.10 bits per heavy atom. The number of carboxylic acids is 1. The molecule has 0 aliphatic carbocycles. The van der Waals surface area contributed by atoms with Gasteiger partial charge in [0.1, 0.15) is 0 Å². The van der Waals surface area contributed by atoms with E-state index in [4.69, 9.17) is 10.2 Å². The van der Waals surface area contributed by atoms with E-state index in [0.29, 0.717) is 22.0 Å². The minimum atomic E-state index is -0.890. The van der Waals surface area contributed by atoms with Gasteiger partial charge in [-0.1, -0.05) is 11.8 Å². The van der Waals surface area contributed by atoms with E-state index >= 15 is 0 Å². The van der Waals surface area contributed by atoms with Gasteiger partial charge >= 0.3 is 12.0 Å². The molecule has 2 heterocycles. The molecule has 0 spiro atoms. The van der Waals surface area contributed by atoms with Crippen LogP contribution in [-0.4, -0.2) is 36.2 Å². The van der Waals surface area contributed by atoms with Crippen molar-refractivity contribution in [1.82, 2.24) is 15.0 Å². The Morgan fingerprint density at radius 3 is 2.75 bits per heavy atom. The van der Waals surface area contributed by atoms with Gasteiger partial charge < -0.3 is 15.3 Å². The maximum Gasteiger partial charge on any atom is 0.317 e. The zero-order chi connectivity index (χ0) is 14.7. The van der Waals surface area contributed by atoms with Crippen LogP contribution in [0.15, 0.2) is 10.4 Å². The van der Waals surface area contributed by atoms with E-state index in [9.17, 15) is 9.90 Å². The minimum Gasteiger partial charge on any atom is -0.493 e. The van der Waals surface area contributed by atoms with Crippen LogP contribution < -0.4 is 0 Å². The van der Waals surface area contributed by atoms with Crippen molar-refractivity contribution >= 4 is 29.1 Å². The normalized spacial score (nSPS) is 10.7. The van der Waals surface area contributed by atoms with Crippen molar-refractivity contribution < 1.29 is 20.1 Å². The van der Waals surface area contributed by atoms with Crippen LogP contribution in [-0.2, 0) is 17.0 Å². The maximum absolute atomic E-state index is 10.7. The lowest BCUT2D eigenvalue weighted by molar-refractivity contribution is -0.136. The van der Waals surface area contributed by atoms with Crippen molar-refractivity contribution in [2.45, 2.75) is 23.4 Å². The number of rotatable bonds is 5. The van der Waals surface area contributed by atoms with Gasteiger partial charge in [0, 0.05) is 16.7 Å². The molecule has 3 N–H and O–H groups in total. The highest BCUT2D eigenvalue weighted by Crippen LogP contribution is 2.30. The molecule has 0 atom stereocenters. The molecule has 0 unspecified atom stereocenters. The summed E-state index contributed by atoms with van der Waals surface area (Å²) in [6.45, 7) is 1.77. The maximum atomic E-state index is 10.7. The third-order valence-corrected chi connectivity index (χ3v) is 4.62. The van der Waals surface area contributed by atoms with E-state index in [0.717, 1.165) is 4.34 Å². The monoisotopic (exact) mass is 313 g/mol. The van der Waals surface area contributed by atoms with E-state index in [1.807, 2.05) is 0 Å². The Morgan fingerprint density at radius 1 is 1.35 bits per heavy atom. The summed E-state index contributed by atoms with van der Waals surface area (Å²) in [7, 11) is 0. The van der Waals surface area contributed by atoms with Gasteiger partial charge in [0.15, 0.2) is 4.34 Å². The SMILES string of the molecule is Cc1nc(SCc2cc(O)nc(O)n2)sc1CC(=O)O. The van der Waals surface area contributed by atoms with Crippen LogP contribution in [0.2, 0.25) is 0 Å². The van der Waals surface area contributed by atoms with Crippen molar-refractivity contribution in [2.75, 3.05) is 0 Å². The van der Waals surface area contributed by atoms with Crippen molar-refractivity contribution in [1.29, 1.82) is 0 Å². The molecule has 0 aliphatic heterocycles. The smallest absolute Gasteiger partial charge is 0.317 e. The molecule has 0 amide bonds. The van der Waals surface area contributed by atoms with Crippen molar-refractivity contribution in [3.63, 3.8) is 0 Å². The zero-order valence-electron chi connectivity index (χ0n) is 10.4. The van der Waals surface area contributed by atoms with E-state index < -0.39 is 12.0 Å². The van der Waals surface area contributed by atoms with Gasteiger partial charge in [0.2, 0.25) is 5.88 Å². The number of thiazole rings is 1. The summed E-state index contributed by atoms with van der Waals surface area (Å²) in [5, 5.41) is 27.2. The molecular formula is C11H11N3O4S2. The molecular weight excluding hydrogens is 302 g/mol. The number of nitrogens with zero attached hydrogens (tertiary/aromatic N) is 3. The lowest BCUT2D eigenvalue weighted by Crippen LogP contribution is -1.99. The van der Waals surface area contributed by atoms with Gasteiger partial charge in [-0.15, -0.1) is 11.3 Å². The highest BCUT2D eigenvalue weighted by atomic mass is 32.2. The van der Waals surface area contributed by atoms with Gasteiger partial charge in [-0.3, -0.25) is 4.79 Å². The molecule has 7 nitrogen and oxygen atoms in total. The quantitative estimate of drug-likeness (QED) is 0.712. The van der Waals surface area contributed by atoms with Gasteiger partial charge in [-0.2, -0.15) is 9.97 Å². The summed E-state index contributed by atoms with van der Waals surface area (Å²) >= 11 is 2.67. The molecule has 0 aliphatic rings. The average molecular weight is 313 g/mol. The highest BCUT2D eigenvalue weighted by molar-refractivity contribution is 8.00. The fourth-order valence-corrected chi connectivity index (χ4v) is 3.56. The molecule has 0 saturated carbocycles. The lowest BCUT2D eigenvalue weighted by Gasteiger charge is -1.99. The Balaban J connectivity index is 2.05. The summed E-state index contributed by atoms with van der Waals surface area (Å²) in [4.78, 5) is 22.8. The Bertz CT molecular complexity index is 624. The van der Waals surface area contributed by atoms with Crippen LogP contribution in [0.5, 0.6) is 11.9 Å². The van der Waals surface area contributed by atoms with Crippen molar-refractivity contribution in [3.8, 4) is 11.9 Å². The summed E-state index contributed by atoms with van der Waals surface area (Å²) in [5.74, 6) is -0.794. The van der Waals surface area contributed by atoms with Crippen LogP contribution in [0.25, 0.3) is 0 Å². The molecule has 0 saturated heterocycles. The fraction of sp³-hybridized carbons (Fsp3) is 0.273. The first-order valence-electron chi connectivity index (χ1n) is 5.51. The van der Waals surface area contributed by atoms with E-state index in [1.54, 1.807) is 6.92 Å². The molecule has 0 bridgehead atoms. The predicted octanol–water partition coefficient (Wildman–Crippen LogP) is 1.57. The summed E-state index contributed by atoms with van der Waals surface area (Å²) in [6, 6.07) is 0.869. The van der Waals surface area contributed by atoms with Crippen LogP contribution >= 0.6 is 23.1 Å². The van der Waals surface area contributed by atoms with Crippen LogP contribution in [0.4, 0.5) is 0 Å². The molecule has 2 aromatic rings. The first-order chi connectivity index (χ1) is 9.44. The molecule has 0 fully saturated rings. The molecule has 0 radical (unpaired) electrons. The highest BCUT2D eigenvalue weighted by Gasteiger charge is 2.12. The van der Waals surface area contributed by atoms with E-state index in [-0.39, 0.29) is 12.3 Å². The van der Waals surface area contributed by atoms with Gasteiger partial charge in [-0.05, 0) is 6.92 Å². The summed E-state index contributed by atoms with van der Waals surface area (Å²) in [6.07, 6.45) is -0.0425. The van der Waals surface area contributed by atoms with Crippen LogP contribution in [0.1, 0.15) is 16.3 Å². The number of carbonyl (C=O) groups is 1. The lowest BCUT2D eigenvalue weighted by atomic mass is 10.3. The van der Waals surface area contributed by atoms with Gasteiger partial charge in [-0.25, -0.2) is 4.98 Å². The standard InChI is InChI=1S/C11H11N3O4S2/c1-5-7(3-9(16)17)20-11(12-5)19-4-6-2-8(15)14-10(18)13-6/h2H,3-4H2,1H3,(H,16,17)(H2,13,14,15,18). The molecule has 106 valence electrons. The Labute approximate surface area is 122 Å². The third-order valence-electron chi connectivity index (χ3n) is 2.28. The first-order valence-corrected chi connectivity index (χ1v) is 7.31. The predicted molar refractivity (Wildman–Crippen MR) is 73.1 cm³/mol. The van der Waals surface area contributed by atoms with Crippen LogP contribution in [0, 0.1) is 6.92 Å². The Hall–Kier alpha value is -1.87.